The summed E-state index contributed by atoms with van der Waals surface area (Å²) in [4.78, 5) is 4.13. The van der Waals surface area contributed by atoms with Gasteiger partial charge in [-0.2, -0.15) is 5.10 Å². The van der Waals surface area contributed by atoms with E-state index in [1.54, 1.807) is 0 Å². The van der Waals surface area contributed by atoms with Crippen LogP contribution in [-0.2, 0) is 9.16 Å². The second kappa shape index (κ2) is 10.1. The highest BCUT2D eigenvalue weighted by atomic mass is 79.9. The average molecular weight is 566 g/mol. The summed E-state index contributed by atoms with van der Waals surface area (Å²) in [5.74, 6) is 0.707. The first-order valence-electron chi connectivity index (χ1n) is 12.5. The van der Waals surface area contributed by atoms with Crippen molar-refractivity contribution >= 4 is 46.0 Å². The Hall–Kier alpha value is -2.52. The van der Waals surface area contributed by atoms with E-state index in [0.29, 0.717) is 19.0 Å². The van der Waals surface area contributed by atoms with Crippen LogP contribution in [0.3, 0.4) is 0 Å². The van der Waals surface area contributed by atoms with Crippen LogP contribution in [0.15, 0.2) is 77.5 Å². The number of halogens is 1. The van der Waals surface area contributed by atoms with Gasteiger partial charge in [-0.25, -0.2) is 9.50 Å². The van der Waals surface area contributed by atoms with Crippen LogP contribution in [-0.4, -0.2) is 42.2 Å². The van der Waals surface area contributed by atoms with Crippen LogP contribution in [0.25, 0.3) is 5.52 Å². The zero-order valence-electron chi connectivity index (χ0n) is 21.0. The molecule has 3 heterocycles. The lowest BCUT2D eigenvalue weighted by Crippen LogP contribution is -2.67. The monoisotopic (exact) mass is 564 g/mol. The number of rotatable bonds is 6. The largest absolute Gasteiger partial charge is 0.405 e. The summed E-state index contributed by atoms with van der Waals surface area (Å²) in [5.41, 5.74) is 7.99. The zero-order chi connectivity index (χ0) is 25.3. The van der Waals surface area contributed by atoms with Gasteiger partial charge >= 0.3 is 0 Å². The van der Waals surface area contributed by atoms with Crippen molar-refractivity contribution in [2.24, 2.45) is 0 Å². The van der Waals surface area contributed by atoms with Gasteiger partial charge in [-0.15, -0.1) is 0 Å². The standard InChI is InChI=1S/C28H33BrN4O2Si/c1-28(2,3)36(22-10-6-4-7-11-22,23-12-8-5-9-13-23)35-18-21-15-14-20(17-34-21)25-16-24(29)26-27(30)31-19-32-33(25)26/h4-13,16,19-21H,14-15,17-18H2,1-3H3,(H2,30,31,32). The minimum atomic E-state index is -2.57. The number of hydrogen-bond acceptors (Lipinski definition) is 5. The second-order valence-corrected chi connectivity index (χ2v) is 15.7. The van der Waals surface area contributed by atoms with Gasteiger partial charge in [-0.3, -0.25) is 0 Å². The molecule has 4 aromatic rings. The zero-order valence-corrected chi connectivity index (χ0v) is 23.6. The number of nitrogens with zero attached hydrogens (tertiary/aromatic N) is 3. The van der Waals surface area contributed by atoms with Gasteiger partial charge in [0.15, 0.2) is 5.82 Å². The van der Waals surface area contributed by atoms with Crippen molar-refractivity contribution in [2.45, 2.75) is 50.7 Å². The fraction of sp³-hybridized carbons (Fsp3) is 0.357. The van der Waals surface area contributed by atoms with Gasteiger partial charge in [0, 0.05) is 16.1 Å². The number of hydrogen-bond donors (Lipinski definition) is 1. The molecule has 36 heavy (non-hydrogen) atoms. The van der Waals surface area contributed by atoms with Gasteiger partial charge in [0.05, 0.1) is 19.3 Å². The Bertz CT molecular complexity index is 1280. The fourth-order valence-electron chi connectivity index (χ4n) is 5.49. The minimum absolute atomic E-state index is 0.0519. The molecule has 1 aliphatic rings. The Balaban J connectivity index is 1.36. The Morgan fingerprint density at radius 2 is 1.69 bits per heavy atom. The van der Waals surface area contributed by atoms with Crippen LogP contribution in [0, 0.1) is 0 Å². The molecule has 0 saturated carbocycles. The fourth-order valence-corrected chi connectivity index (χ4v) is 10.7. The summed E-state index contributed by atoms with van der Waals surface area (Å²) in [6.45, 7) is 8.12. The quantitative estimate of drug-likeness (QED) is 0.336. The Labute approximate surface area is 222 Å². The van der Waals surface area contributed by atoms with E-state index in [9.17, 15) is 0 Å². The van der Waals surface area contributed by atoms with Gasteiger partial charge in [0.25, 0.3) is 8.32 Å². The van der Waals surface area contributed by atoms with Gasteiger partial charge in [0.1, 0.15) is 11.8 Å². The SMILES string of the molecule is CC(C)(C)[Si](OCC1CCC(c2cc(Br)c3c(N)ncnn23)CO1)(c1ccccc1)c1ccccc1. The van der Waals surface area contributed by atoms with Crippen molar-refractivity contribution < 1.29 is 9.16 Å². The number of fused-ring (bicyclic) bond motifs is 1. The van der Waals surface area contributed by atoms with E-state index in [1.165, 1.54) is 16.7 Å². The molecule has 2 atom stereocenters. The van der Waals surface area contributed by atoms with E-state index >= 15 is 0 Å². The van der Waals surface area contributed by atoms with Crippen LogP contribution in [0.5, 0.6) is 0 Å². The minimum Gasteiger partial charge on any atom is -0.405 e. The number of nitrogen functional groups attached to an aromatic ring is 1. The van der Waals surface area contributed by atoms with Crippen LogP contribution in [0.4, 0.5) is 5.82 Å². The molecule has 2 aromatic carbocycles. The molecule has 8 heteroatoms. The van der Waals surface area contributed by atoms with Crippen LogP contribution in [0.2, 0.25) is 5.04 Å². The molecule has 2 aromatic heterocycles. The summed E-state index contributed by atoms with van der Waals surface area (Å²) in [5, 5.41) is 6.97. The highest BCUT2D eigenvalue weighted by Crippen LogP contribution is 2.38. The van der Waals surface area contributed by atoms with Crippen molar-refractivity contribution in [1.82, 2.24) is 14.6 Å². The summed E-state index contributed by atoms with van der Waals surface area (Å²) in [6, 6.07) is 23.6. The molecule has 5 rings (SSSR count). The molecule has 2 N–H and O–H groups in total. The highest BCUT2D eigenvalue weighted by Gasteiger charge is 2.50. The maximum Gasteiger partial charge on any atom is 0.261 e. The van der Waals surface area contributed by atoms with E-state index in [1.807, 2.05) is 4.52 Å². The first-order valence-corrected chi connectivity index (χ1v) is 15.2. The normalized spacial score (nSPS) is 19.0. The third kappa shape index (κ3) is 4.51. The third-order valence-electron chi connectivity index (χ3n) is 7.25. The predicted molar refractivity (Wildman–Crippen MR) is 150 cm³/mol. The number of anilines is 1. The van der Waals surface area contributed by atoms with Crippen LogP contribution < -0.4 is 16.1 Å². The van der Waals surface area contributed by atoms with E-state index < -0.39 is 8.32 Å². The van der Waals surface area contributed by atoms with Crippen LogP contribution in [0.1, 0.15) is 45.2 Å². The van der Waals surface area contributed by atoms with Gasteiger partial charge < -0.3 is 14.9 Å². The lowest BCUT2D eigenvalue weighted by Gasteiger charge is -2.44. The maximum absolute atomic E-state index is 7.10. The van der Waals surface area contributed by atoms with Crippen molar-refractivity contribution in [1.29, 1.82) is 0 Å². The summed E-state index contributed by atoms with van der Waals surface area (Å²) < 4.78 is 16.3. The van der Waals surface area contributed by atoms with Crippen molar-refractivity contribution in [3.63, 3.8) is 0 Å². The molecule has 0 radical (unpaired) electrons. The molecule has 188 valence electrons. The first kappa shape index (κ1) is 25.1. The molecule has 0 bridgehead atoms. The number of nitrogens with two attached hydrogens (primary N) is 1. The van der Waals surface area contributed by atoms with Gasteiger partial charge in [0.2, 0.25) is 0 Å². The Kier molecular flexibility index (Phi) is 7.04. The number of aromatic nitrogens is 3. The topological polar surface area (TPSA) is 74.7 Å². The van der Waals surface area contributed by atoms with E-state index in [4.69, 9.17) is 14.9 Å². The summed E-state index contributed by atoms with van der Waals surface area (Å²) in [6.07, 6.45) is 3.48. The predicted octanol–water partition coefficient (Wildman–Crippen LogP) is 4.91. The van der Waals surface area contributed by atoms with Crippen LogP contribution >= 0.6 is 15.9 Å². The summed E-state index contributed by atoms with van der Waals surface area (Å²) >= 11 is 3.62. The van der Waals surface area contributed by atoms with Gasteiger partial charge in [-0.1, -0.05) is 81.4 Å². The number of benzene rings is 2. The molecule has 1 aliphatic heterocycles. The average Bonchev–Trinajstić information content (AvgIpc) is 3.23. The smallest absolute Gasteiger partial charge is 0.261 e. The van der Waals surface area contributed by atoms with E-state index in [-0.39, 0.29) is 17.1 Å². The number of ether oxygens (including phenoxy) is 1. The third-order valence-corrected chi connectivity index (χ3v) is 12.9. The van der Waals surface area contributed by atoms with Crippen molar-refractivity contribution in [3.05, 3.63) is 83.2 Å². The van der Waals surface area contributed by atoms with Crippen molar-refractivity contribution in [2.75, 3.05) is 18.9 Å². The molecular weight excluding hydrogens is 532 g/mol. The molecule has 0 aliphatic carbocycles. The molecule has 0 spiro atoms. The molecular formula is C28H33BrN4O2Si. The molecule has 2 unspecified atom stereocenters. The second-order valence-electron chi connectivity index (χ2n) is 10.5. The van der Waals surface area contributed by atoms with Crippen molar-refractivity contribution in [3.8, 4) is 0 Å². The molecule has 1 fully saturated rings. The Morgan fingerprint density at radius 1 is 1.06 bits per heavy atom. The molecule has 1 saturated heterocycles. The first-order chi connectivity index (χ1) is 17.3. The Morgan fingerprint density at radius 3 is 2.25 bits per heavy atom. The lowest BCUT2D eigenvalue weighted by molar-refractivity contribution is -0.0240. The highest BCUT2D eigenvalue weighted by molar-refractivity contribution is 9.10. The van der Waals surface area contributed by atoms with E-state index in [0.717, 1.165) is 28.5 Å². The molecule has 0 amide bonds. The van der Waals surface area contributed by atoms with Gasteiger partial charge in [-0.05, 0) is 50.2 Å². The van der Waals surface area contributed by atoms with E-state index in [2.05, 4.69) is 114 Å². The lowest BCUT2D eigenvalue weighted by atomic mass is 9.96. The maximum atomic E-state index is 7.10. The summed E-state index contributed by atoms with van der Waals surface area (Å²) in [7, 11) is -2.57. The molecule has 6 nitrogen and oxygen atoms in total.